The first-order valence-electron chi connectivity index (χ1n) is 9.32. The van der Waals surface area contributed by atoms with E-state index in [1.165, 1.54) is 11.1 Å². The average Bonchev–Trinajstić information content (AvgIpc) is 2.70. The lowest BCUT2D eigenvalue weighted by molar-refractivity contribution is 0.0614. The largest absolute Gasteiger partial charge is 0.376 e. The van der Waals surface area contributed by atoms with E-state index in [0.717, 1.165) is 6.61 Å². The van der Waals surface area contributed by atoms with Gasteiger partial charge in [0.25, 0.3) is 0 Å². The topological polar surface area (TPSA) is 18.5 Å². The van der Waals surface area contributed by atoms with Crippen LogP contribution in [0, 0.1) is 11.3 Å². The number of ether oxygens (including phenoxy) is 2. The van der Waals surface area contributed by atoms with Crippen molar-refractivity contribution in [2.24, 2.45) is 11.3 Å². The van der Waals surface area contributed by atoms with Crippen molar-refractivity contribution in [1.82, 2.24) is 0 Å². The van der Waals surface area contributed by atoms with Gasteiger partial charge in [0.2, 0.25) is 0 Å². The summed E-state index contributed by atoms with van der Waals surface area (Å²) in [5, 5.41) is 0. The summed E-state index contributed by atoms with van der Waals surface area (Å²) in [6, 6.07) is 20.3. The van der Waals surface area contributed by atoms with Crippen molar-refractivity contribution < 1.29 is 9.47 Å². The summed E-state index contributed by atoms with van der Waals surface area (Å²) in [5.74, 6) is 1.72. The summed E-state index contributed by atoms with van der Waals surface area (Å²) in [7, 11) is 0. The molecule has 1 atom stereocenters. The summed E-state index contributed by atoms with van der Waals surface area (Å²) < 4.78 is 11.1. The normalized spacial score (nSPS) is 12.2. The van der Waals surface area contributed by atoms with Gasteiger partial charge in [-0.25, -0.2) is 0 Å². The van der Waals surface area contributed by atoms with Crippen LogP contribution in [0.2, 0.25) is 0 Å². The highest BCUT2D eigenvalue weighted by Crippen LogP contribution is 2.17. The van der Waals surface area contributed by atoms with Gasteiger partial charge in [-0.1, -0.05) is 81.4 Å². The zero-order valence-corrected chi connectivity index (χ0v) is 18.2. The van der Waals surface area contributed by atoms with Crippen LogP contribution in [0.25, 0.3) is 0 Å². The Bertz CT molecular complexity index is 588. The highest BCUT2D eigenvalue weighted by atomic mass is 35.5. The van der Waals surface area contributed by atoms with E-state index in [9.17, 15) is 0 Å². The molecule has 1 unspecified atom stereocenters. The van der Waals surface area contributed by atoms with E-state index in [-0.39, 0.29) is 5.41 Å². The molecule has 0 aromatic heterocycles. The van der Waals surface area contributed by atoms with Crippen molar-refractivity contribution in [1.29, 1.82) is 0 Å². The molecule has 2 aromatic rings. The lowest BCUT2D eigenvalue weighted by Crippen LogP contribution is -2.20. The molecule has 0 heterocycles. The van der Waals surface area contributed by atoms with Gasteiger partial charge in [0.1, 0.15) is 0 Å². The Morgan fingerprint density at radius 3 is 1.74 bits per heavy atom. The molecule has 0 radical (unpaired) electrons. The lowest BCUT2D eigenvalue weighted by Gasteiger charge is -2.20. The molecule has 2 aromatic carbocycles. The SMILES string of the molecule is CC(C)(CCl)COCc1ccccc1.CC(CCl)COCc1ccccc1. The van der Waals surface area contributed by atoms with Crippen LogP contribution in [0.3, 0.4) is 0 Å². The maximum Gasteiger partial charge on any atom is 0.0717 e. The molecule has 0 amide bonds. The number of benzene rings is 2. The maximum atomic E-state index is 5.79. The molecule has 0 fully saturated rings. The smallest absolute Gasteiger partial charge is 0.0717 e. The molecule has 0 aliphatic heterocycles. The van der Waals surface area contributed by atoms with Gasteiger partial charge in [-0.05, 0) is 17.0 Å². The second kappa shape index (κ2) is 14.0. The Labute approximate surface area is 174 Å². The summed E-state index contributed by atoms with van der Waals surface area (Å²) in [6.07, 6.45) is 0. The van der Waals surface area contributed by atoms with E-state index in [0.29, 0.717) is 37.5 Å². The van der Waals surface area contributed by atoms with E-state index in [2.05, 4.69) is 45.0 Å². The molecule has 0 aliphatic rings. The standard InChI is InChI=1S/C12H17ClO.C11H15ClO/c1-12(2,9-13)10-14-8-11-6-4-3-5-7-11;1-10(7-12)8-13-9-11-5-3-2-4-6-11/h3-7H,8-10H2,1-2H3;2-6,10H,7-9H2,1H3. The second-order valence-electron chi connectivity index (χ2n) is 7.54. The maximum absolute atomic E-state index is 5.79. The third-order valence-corrected chi connectivity index (χ3v) is 4.99. The number of rotatable bonds is 10. The molecule has 0 aliphatic carbocycles. The molecule has 2 nitrogen and oxygen atoms in total. The first-order valence-corrected chi connectivity index (χ1v) is 10.4. The number of halogens is 2. The third-order valence-electron chi connectivity index (χ3n) is 3.74. The molecule has 2 rings (SSSR count). The Balaban J connectivity index is 0.000000271. The number of hydrogen-bond donors (Lipinski definition) is 0. The Kier molecular flexibility index (Phi) is 12.4. The van der Waals surface area contributed by atoms with E-state index >= 15 is 0 Å². The van der Waals surface area contributed by atoms with Crippen molar-refractivity contribution >= 4 is 23.2 Å². The monoisotopic (exact) mass is 410 g/mol. The number of alkyl halides is 2. The Morgan fingerprint density at radius 2 is 1.30 bits per heavy atom. The van der Waals surface area contributed by atoms with Gasteiger partial charge >= 0.3 is 0 Å². The lowest BCUT2D eigenvalue weighted by atomic mass is 9.98. The minimum absolute atomic E-state index is 0.0658. The van der Waals surface area contributed by atoms with E-state index in [1.54, 1.807) is 0 Å². The third kappa shape index (κ3) is 12.1. The fourth-order valence-corrected chi connectivity index (χ4v) is 2.22. The van der Waals surface area contributed by atoms with Crippen LogP contribution in [0.15, 0.2) is 60.7 Å². The van der Waals surface area contributed by atoms with Gasteiger partial charge in [-0.15, -0.1) is 23.2 Å². The number of hydrogen-bond acceptors (Lipinski definition) is 2. The van der Waals surface area contributed by atoms with Gasteiger partial charge in [0.05, 0.1) is 26.4 Å². The summed E-state index contributed by atoms with van der Waals surface area (Å²) >= 11 is 11.4. The van der Waals surface area contributed by atoms with Gasteiger partial charge in [-0.3, -0.25) is 0 Å². The fraction of sp³-hybridized carbons (Fsp3) is 0.478. The predicted octanol–water partition coefficient (Wildman–Crippen LogP) is 6.55. The van der Waals surface area contributed by atoms with E-state index < -0.39 is 0 Å². The van der Waals surface area contributed by atoms with Crippen molar-refractivity contribution in [2.75, 3.05) is 25.0 Å². The molecule has 0 spiro atoms. The van der Waals surface area contributed by atoms with Crippen LogP contribution in [-0.4, -0.2) is 25.0 Å². The molecular formula is C23H32Cl2O2. The van der Waals surface area contributed by atoms with Crippen LogP contribution in [0.1, 0.15) is 31.9 Å². The molecule has 0 saturated carbocycles. The first-order chi connectivity index (χ1) is 13.0. The zero-order chi connectivity index (χ0) is 20.0. The van der Waals surface area contributed by atoms with Gasteiger partial charge in [0.15, 0.2) is 0 Å². The van der Waals surface area contributed by atoms with Gasteiger partial charge in [0, 0.05) is 17.2 Å². The Morgan fingerprint density at radius 1 is 0.815 bits per heavy atom. The molecule has 150 valence electrons. The Hall–Kier alpha value is -1.06. The summed E-state index contributed by atoms with van der Waals surface area (Å²) in [4.78, 5) is 0. The summed E-state index contributed by atoms with van der Waals surface area (Å²) in [6.45, 7) is 9.07. The molecular weight excluding hydrogens is 379 g/mol. The van der Waals surface area contributed by atoms with Crippen molar-refractivity contribution in [2.45, 2.75) is 34.0 Å². The highest BCUT2D eigenvalue weighted by molar-refractivity contribution is 6.18. The average molecular weight is 411 g/mol. The van der Waals surface area contributed by atoms with E-state index in [1.807, 2.05) is 36.4 Å². The van der Waals surface area contributed by atoms with Crippen LogP contribution in [0.4, 0.5) is 0 Å². The first kappa shape index (κ1) is 24.0. The second-order valence-corrected chi connectivity index (χ2v) is 8.11. The highest BCUT2D eigenvalue weighted by Gasteiger charge is 2.16. The van der Waals surface area contributed by atoms with Crippen LogP contribution < -0.4 is 0 Å². The zero-order valence-electron chi connectivity index (χ0n) is 16.7. The van der Waals surface area contributed by atoms with Gasteiger partial charge in [-0.2, -0.15) is 0 Å². The van der Waals surface area contributed by atoms with Crippen LogP contribution >= 0.6 is 23.2 Å². The molecule has 0 saturated heterocycles. The van der Waals surface area contributed by atoms with Crippen molar-refractivity contribution in [3.63, 3.8) is 0 Å². The molecule has 0 bridgehead atoms. The van der Waals surface area contributed by atoms with Crippen molar-refractivity contribution in [3.05, 3.63) is 71.8 Å². The van der Waals surface area contributed by atoms with Gasteiger partial charge < -0.3 is 9.47 Å². The quantitative estimate of drug-likeness (QED) is 0.413. The van der Waals surface area contributed by atoms with E-state index in [4.69, 9.17) is 32.7 Å². The summed E-state index contributed by atoms with van der Waals surface area (Å²) in [5.41, 5.74) is 2.48. The minimum Gasteiger partial charge on any atom is -0.376 e. The molecule has 4 heteroatoms. The molecule has 0 N–H and O–H groups in total. The van der Waals surface area contributed by atoms with Crippen LogP contribution in [0.5, 0.6) is 0 Å². The predicted molar refractivity (Wildman–Crippen MR) is 117 cm³/mol. The minimum atomic E-state index is 0.0658. The fourth-order valence-electron chi connectivity index (χ4n) is 2.05. The van der Waals surface area contributed by atoms with Crippen molar-refractivity contribution in [3.8, 4) is 0 Å². The molecule has 27 heavy (non-hydrogen) atoms. The van der Waals surface area contributed by atoms with Crippen LogP contribution in [-0.2, 0) is 22.7 Å².